The molecule has 0 aliphatic carbocycles. The van der Waals surface area contributed by atoms with Crippen molar-refractivity contribution in [2.75, 3.05) is 27.2 Å². The van der Waals surface area contributed by atoms with Crippen LogP contribution < -0.4 is 0 Å². The minimum atomic E-state index is -0.294. The van der Waals surface area contributed by atoms with Gasteiger partial charge in [-0.3, -0.25) is 9.98 Å². The van der Waals surface area contributed by atoms with Crippen molar-refractivity contribution in [3.05, 3.63) is 58.5 Å². The zero-order chi connectivity index (χ0) is 20.3. The summed E-state index contributed by atoms with van der Waals surface area (Å²) >= 11 is 7.19. The minimum absolute atomic E-state index is 0.294. The van der Waals surface area contributed by atoms with Crippen LogP contribution in [0.4, 0.5) is 4.39 Å². The summed E-state index contributed by atoms with van der Waals surface area (Å²) in [5, 5.41) is 1.74. The average molecular weight is 420 g/mol. The Bertz CT molecular complexity index is 899. The summed E-state index contributed by atoms with van der Waals surface area (Å²) in [6.45, 7) is 6.17. The molecular formula is C21H25ClFN4S+. The van der Waals surface area contributed by atoms with Gasteiger partial charge in [-0.25, -0.2) is 4.39 Å². The Hall–Kier alpha value is -1.92. The molecule has 1 unspecified atom stereocenters. The molecular weight excluding hydrogens is 395 g/mol. The van der Waals surface area contributed by atoms with Crippen LogP contribution in [0.2, 0.25) is 5.02 Å². The largest absolute Gasteiger partial charge is 0.359 e. The molecule has 0 N–H and O–H groups in total. The molecule has 4 nitrogen and oxygen atoms in total. The lowest BCUT2D eigenvalue weighted by molar-refractivity contribution is -0.266. The third-order valence-electron chi connectivity index (χ3n) is 4.68. The Labute approximate surface area is 175 Å². The van der Waals surface area contributed by atoms with Gasteiger partial charge in [0.1, 0.15) is 12.9 Å². The van der Waals surface area contributed by atoms with Crippen molar-refractivity contribution in [2.24, 2.45) is 15.9 Å². The normalized spacial score (nSPS) is 21.6. The lowest BCUT2D eigenvalue weighted by atomic mass is 10.0. The number of nitrogens with zero attached hydrogens (tertiary/aromatic N) is 4. The molecule has 0 bridgehead atoms. The molecule has 3 aliphatic rings. The van der Waals surface area contributed by atoms with E-state index in [9.17, 15) is 4.39 Å². The third-order valence-corrected chi connectivity index (χ3v) is 5.83. The second kappa shape index (κ2) is 9.05. The van der Waals surface area contributed by atoms with Crippen LogP contribution in [-0.2, 0) is 0 Å². The van der Waals surface area contributed by atoms with Crippen LogP contribution in [-0.4, -0.2) is 52.7 Å². The van der Waals surface area contributed by atoms with E-state index in [4.69, 9.17) is 16.6 Å². The summed E-state index contributed by atoms with van der Waals surface area (Å²) in [5.74, 6) is 1.55. The zero-order valence-electron chi connectivity index (χ0n) is 16.6. The Kier molecular flexibility index (Phi) is 6.73. The van der Waals surface area contributed by atoms with E-state index in [1.165, 1.54) is 28.4 Å². The highest BCUT2D eigenvalue weighted by molar-refractivity contribution is 8.16. The molecule has 1 fully saturated rings. The Morgan fingerprint density at radius 1 is 1.46 bits per heavy atom. The van der Waals surface area contributed by atoms with Gasteiger partial charge in [-0.1, -0.05) is 30.7 Å². The van der Waals surface area contributed by atoms with Crippen molar-refractivity contribution in [1.82, 2.24) is 4.90 Å². The van der Waals surface area contributed by atoms with Gasteiger partial charge in [0.25, 0.3) is 11.9 Å². The van der Waals surface area contributed by atoms with Crippen molar-refractivity contribution in [2.45, 2.75) is 20.3 Å². The van der Waals surface area contributed by atoms with E-state index >= 15 is 0 Å². The first-order valence-corrected chi connectivity index (χ1v) is 10.4. The van der Waals surface area contributed by atoms with Gasteiger partial charge in [0, 0.05) is 29.9 Å². The van der Waals surface area contributed by atoms with E-state index in [-0.39, 0.29) is 5.82 Å². The highest BCUT2D eigenvalue weighted by Crippen LogP contribution is 2.36. The molecule has 0 spiro atoms. The molecule has 1 aromatic rings. The fourth-order valence-electron chi connectivity index (χ4n) is 3.39. The summed E-state index contributed by atoms with van der Waals surface area (Å²) in [6.07, 6.45) is 5.28. The maximum absolute atomic E-state index is 12.1. The van der Waals surface area contributed by atoms with Crippen LogP contribution in [0.5, 0.6) is 0 Å². The fourth-order valence-corrected chi connectivity index (χ4v) is 4.12. The lowest BCUT2D eigenvalue weighted by Crippen LogP contribution is -2.35. The highest BCUT2D eigenvalue weighted by Gasteiger charge is 2.46. The van der Waals surface area contributed by atoms with Crippen LogP contribution >= 0.6 is 23.5 Å². The van der Waals surface area contributed by atoms with Crippen LogP contribution in [0, 0.1) is 11.7 Å². The molecule has 3 aliphatic heterocycles. The average Bonchev–Trinajstić information content (AvgIpc) is 3.24. The van der Waals surface area contributed by atoms with Gasteiger partial charge in [0.2, 0.25) is 5.84 Å². The number of allylic oxidation sites excluding steroid dienone is 3. The molecule has 1 atom stereocenters. The van der Waals surface area contributed by atoms with Gasteiger partial charge in [0.05, 0.1) is 12.3 Å². The van der Waals surface area contributed by atoms with Crippen molar-refractivity contribution in [3.63, 3.8) is 0 Å². The summed E-state index contributed by atoms with van der Waals surface area (Å²) in [5.41, 5.74) is 3.80. The maximum Gasteiger partial charge on any atom is 0.359 e. The smallest absolute Gasteiger partial charge is 0.323 e. The predicted octanol–water partition coefficient (Wildman–Crippen LogP) is 4.82. The zero-order valence-corrected chi connectivity index (χ0v) is 18.2. The van der Waals surface area contributed by atoms with Gasteiger partial charge in [-0.05, 0) is 43.5 Å². The Morgan fingerprint density at radius 2 is 2.21 bits per heavy atom. The summed E-state index contributed by atoms with van der Waals surface area (Å²) in [4.78, 5) is 11.7. The number of benzene rings is 1. The van der Waals surface area contributed by atoms with E-state index in [2.05, 4.69) is 40.0 Å². The molecule has 148 valence electrons. The lowest BCUT2D eigenvalue weighted by Gasteiger charge is -2.25. The first-order chi connectivity index (χ1) is 13.4. The second-order valence-electron chi connectivity index (χ2n) is 6.93. The van der Waals surface area contributed by atoms with Crippen LogP contribution in [0.25, 0.3) is 0 Å². The number of hydrogen-bond donors (Lipinski definition) is 0. The van der Waals surface area contributed by atoms with Crippen LogP contribution in [0.15, 0.2) is 57.7 Å². The van der Waals surface area contributed by atoms with Gasteiger partial charge < -0.3 is 4.90 Å². The van der Waals surface area contributed by atoms with Crippen molar-refractivity contribution in [1.29, 1.82) is 0 Å². The molecule has 7 heteroatoms. The number of amidine groups is 1. The molecule has 3 heterocycles. The summed E-state index contributed by atoms with van der Waals surface area (Å²) in [6, 6.07) is 5.82. The maximum atomic E-state index is 12.1. The van der Waals surface area contributed by atoms with E-state index in [1.807, 2.05) is 14.0 Å². The standard InChI is InChI=1S/C15H21N4S.C6H4ClF/c1-5-6-12(16-3)11-8-17-14(15-18(4)20-15)19-9-10(2)7-13(11)19;7-5-2-1-3-6(8)4-5/h5-6,10H,7-9H2,1-4H3;1-4H/q+1;/b6-5-,16-12?;. The predicted molar refractivity (Wildman–Crippen MR) is 118 cm³/mol. The summed E-state index contributed by atoms with van der Waals surface area (Å²) in [7, 11) is 3.96. The van der Waals surface area contributed by atoms with Crippen LogP contribution in [0.3, 0.4) is 0 Å². The number of hydrogen-bond acceptors (Lipinski definition) is 4. The van der Waals surface area contributed by atoms with Gasteiger partial charge >= 0.3 is 5.04 Å². The van der Waals surface area contributed by atoms with Crippen LogP contribution in [0.1, 0.15) is 20.3 Å². The van der Waals surface area contributed by atoms with E-state index in [0.717, 1.165) is 31.1 Å². The van der Waals surface area contributed by atoms with E-state index < -0.39 is 0 Å². The van der Waals surface area contributed by atoms with Gasteiger partial charge in [0.15, 0.2) is 0 Å². The van der Waals surface area contributed by atoms with Crippen molar-refractivity contribution in [3.8, 4) is 0 Å². The van der Waals surface area contributed by atoms with Crippen molar-refractivity contribution < 1.29 is 8.37 Å². The molecule has 0 saturated carbocycles. The molecule has 1 aromatic carbocycles. The molecule has 4 rings (SSSR count). The topological polar surface area (TPSA) is 31.0 Å². The van der Waals surface area contributed by atoms with E-state index in [1.54, 1.807) is 24.1 Å². The molecule has 0 aromatic heterocycles. The van der Waals surface area contributed by atoms with Gasteiger partial charge in [-0.2, -0.15) is 0 Å². The molecule has 28 heavy (non-hydrogen) atoms. The minimum Gasteiger partial charge on any atom is -0.323 e. The fraction of sp³-hybridized carbons (Fsp3) is 0.381. The SMILES string of the molecule is C/C=C\C(=NC)C1=C2CC(C)CN2C(C2=[N+](C)S2)=NC1.Fc1cccc(Cl)c1. The van der Waals surface area contributed by atoms with Crippen molar-refractivity contribution >= 4 is 40.1 Å². The highest BCUT2D eigenvalue weighted by atomic mass is 35.5. The monoisotopic (exact) mass is 419 g/mol. The Balaban J connectivity index is 0.000000236. The first-order valence-electron chi connectivity index (χ1n) is 9.28. The third kappa shape index (κ3) is 4.73. The number of aliphatic imine (C=N–C) groups is 2. The quantitative estimate of drug-likeness (QED) is 0.399. The van der Waals surface area contributed by atoms with Gasteiger partial charge in [-0.15, -0.1) is 3.98 Å². The Morgan fingerprint density at radius 3 is 2.75 bits per heavy atom. The number of fused-ring (bicyclic) bond motifs is 1. The molecule has 1 saturated heterocycles. The number of rotatable bonds is 3. The summed E-state index contributed by atoms with van der Waals surface area (Å²) < 4.78 is 14.3. The molecule has 0 amide bonds. The molecule has 0 radical (unpaired) electrons. The van der Waals surface area contributed by atoms with E-state index in [0.29, 0.717) is 10.9 Å². The second-order valence-corrected chi connectivity index (χ2v) is 8.48. The number of halogens is 2. The first kappa shape index (κ1) is 20.8.